The second kappa shape index (κ2) is 14.5. The second-order valence-electron chi connectivity index (χ2n) is 13.7. The number of H-pyrrole nitrogens is 2. The smallest absolute Gasteiger partial charge is 0.270 e. The van der Waals surface area contributed by atoms with E-state index in [0.717, 1.165) is 0 Å². The van der Waals surface area contributed by atoms with Crippen molar-refractivity contribution in [2.24, 2.45) is 0 Å². The van der Waals surface area contributed by atoms with Crippen LogP contribution < -0.4 is 0 Å². The quantitative estimate of drug-likeness (QED) is 0.109. The molecule has 2 aliphatic heterocycles. The molecule has 2 N–H and O–H groups in total. The van der Waals surface area contributed by atoms with Crippen LogP contribution in [-0.2, 0) is 0 Å². The standard InChI is InChI=1S/C44H26N8O8/c53-49(54)29-9-1-5-25(21-29)41-33-13-15-35(45-33)42(26-6-2-10-30(22-26)50(55)56)37-17-19-39(47-37)44(28-8-4-12-32(24-28)52(59)60)40-20-18-38(48-40)43(36-16-14-34(41)46-36)27-7-3-11-31(23-27)51(57)58/h1-24,45,48H. The summed E-state index contributed by atoms with van der Waals surface area (Å²) in [5.74, 6) is 0. The van der Waals surface area contributed by atoms with E-state index in [0.29, 0.717) is 89.4 Å². The Balaban J connectivity index is 1.48. The molecule has 0 aliphatic carbocycles. The fourth-order valence-corrected chi connectivity index (χ4v) is 7.52. The Bertz CT molecular complexity index is 2840. The number of nitrogens with one attached hydrogen (secondary N) is 2. The Morgan fingerprint density at radius 2 is 0.583 bits per heavy atom. The van der Waals surface area contributed by atoms with Gasteiger partial charge in [-0.25, -0.2) is 9.97 Å². The van der Waals surface area contributed by atoms with Gasteiger partial charge in [0, 0.05) is 92.9 Å². The van der Waals surface area contributed by atoms with Crippen LogP contribution >= 0.6 is 0 Å². The highest BCUT2D eigenvalue weighted by Crippen LogP contribution is 2.40. The molecule has 0 saturated heterocycles. The Labute approximate surface area is 337 Å². The van der Waals surface area contributed by atoms with Crippen molar-refractivity contribution in [2.75, 3.05) is 0 Å². The number of rotatable bonds is 8. The number of benzene rings is 4. The lowest BCUT2D eigenvalue weighted by Crippen LogP contribution is -1.92. The Hall–Kier alpha value is -8.92. The first-order chi connectivity index (χ1) is 29.0. The number of fused-ring (bicyclic) bond motifs is 8. The van der Waals surface area contributed by atoms with Crippen LogP contribution in [0, 0.1) is 40.5 Å². The number of hydrogen-bond acceptors (Lipinski definition) is 10. The van der Waals surface area contributed by atoms with Crippen molar-refractivity contribution in [3.8, 4) is 44.5 Å². The monoisotopic (exact) mass is 794 g/mol. The van der Waals surface area contributed by atoms with Gasteiger partial charge in [0.2, 0.25) is 0 Å². The van der Waals surface area contributed by atoms with Crippen molar-refractivity contribution in [2.45, 2.75) is 0 Å². The fraction of sp³-hybridized carbons (Fsp3) is 0. The van der Waals surface area contributed by atoms with Crippen LogP contribution in [0.3, 0.4) is 0 Å². The lowest BCUT2D eigenvalue weighted by atomic mass is 10.0. The molecule has 7 aromatic rings. The highest BCUT2D eigenvalue weighted by Gasteiger charge is 2.22. The van der Waals surface area contributed by atoms with Crippen molar-refractivity contribution in [1.29, 1.82) is 0 Å². The lowest BCUT2D eigenvalue weighted by Gasteiger charge is -2.07. The van der Waals surface area contributed by atoms with Crippen molar-refractivity contribution in [1.82, 2.24) is 19.9 Å². The zero-order valence-electron chi connectivity index (χ0n) is 30.8. The minimum atomic E-state index is -0.494. The number of aromatic amines is 2. The van der Waals surface area contributed by atoms with Crippen molar-refractivity contribution >= 4 is 69.1 Å². The maximum absolute atomic E-state index is 12.0. The molecule has 0 radical (unpaired) electrons. The van der Waals surface area contributed by atoms with E-state index in [9.17, 15) is 40.5 Å². The average molecular weight is 795 g/mol. The predicted octanol–water partition coefficient (Wildman–Crippen LogP) is 11.0. The van der Waals surface area contributed by atoms with Gasteiger partial charge in [-0.2, -0.15) is 0 Å². The molecular weight excluding hydrogens is 769 g/mol. The van der Waals surface area contributed by atoms with E-state index in [1.807, 2.05) is 0 Å². The number of aromatic nitrogens is 4. The van der Waals surface area contributed by atoms with Gasteiger partial charge in [-0.3, -0.25) is 40.5 Å². The van der Waals surface area contributed by atoms with Gasteiger partial charge in [-0.15, -0.1) is 0 Å². The molecule has 8 bridgehead atoms. The van der Waals surface area contributed by atoms with Gasteiger partial charge >= 0.3 is 0 Å². The number of hydrogen-bond donors (Lipinski definition) is 2. The summed E-state index contributed by atoms with van der Waals surface area (Å²) in [5.41, 5.74) is 6.85. The number of nitro groups is 4. The molecule has 9 rings (SSSR count). The van der Waals surface area contributed by atoms with E-state index in [-0.39, 0.29) is 22.7 Å². The van der Waals surface area contributed by atoms with Crippen LogP contribution in [0.2, 0.25) is 0 Å². The zero-order valence-corrected chi connectivity index (χ0v) is 30.8. The fourth-order valence-electron chi connectivity index (χ4n) is 7.52. The van der Waals surface area contributed by atoms with E-state index in [2.05, 4.69) is 9.97 Å². The van der Waals surface area contributed by atoms with Crippen LogP contribution in [0.25, 0.3) is 90.9 Å². The predicted molar refractivity (Wildman–Crippen MR) is 227 cm³/mol. The van der Waals surface area contributed by atoms with Gasteiger partial charge in [0.05, 0.1) is 42.5 Å². The second-order valence-corrected chi connectivity index (χ2v) is 13.7. The van der Waals surface area contributed by atoms with E-state index in [1.54, 1.807) is 97.1 Å². The molecular formula is C44H26N8O8. The summed E-state index contributed by atoms with van der Waals surface area (Å²) in [5, 5.41) is 47.9. The van der Waals surface area contributed by atoms with E-state index < -0.39 is 19.7 Å². The Morgan fingerprint density at radius 1 is 0.350 bits per heavy atom. The molecule has 0 unspecified atom stereocenters. The molecule has 16 heteroatoms. The van der Waals surface area contributed by atoms with Gasteiger partial charge in [0.25, 0.3) is 22.7 Å². The normalized spacial score (nSPS) is 11.7. The number of nitro benzene ring substituents is 4. The largest absolute Gasteiger partial charge is 0.354 e. The Kier molecular flexibility index (Phi) is 8.90. The molecule has 290 valence electrons. The molecule has 0 amide bonds. The summed E-state index contributed by atoms with van der Waals surface area (Å²) >= 11 is 0. The number of nitrogens with zero attached hydrogens (tertiary/aromatic N) is 6. The molecule has 60 heavy (non-hydrogen) atoms. The maximum atomic E-state index is 12.0. The van der Waals surface area contributed by atoms with Crippen LogP contribution in [0.1, 0.15) is 22.8 Å². The summed E-state index contributed by atoms with van der Waals surface area (Å²) in [7, 11) is 0. The minimum Gasteiger partial charge on any atom is -0.354 e. The molecule has 0 spiro atoms. The summed E-state index contributed by atoms with van der Waals surface area (Å²) in [6.45, 7) is 0. The van der Waals surface area contributed by atoms with Gasteiger partial charge < -0.3 is 9.97 Å². The minimum absolute atomic E-state index is 0.151. The molecule has 0 fully saturated rings. The third-order valence-corrected chi connectivity index (χ3v) is 10.1. The van der Waals surface area contributed by atoms with Gasteiger partial charge in [0.15, 0.2) is 0 Å². The van der Waals surface area contributed by atoms with E-state index in [4.69, 9.17) is 9.97 Å². The molecule has 4 aromatic carbocycles. The van der Waals surface area contributed by atoms with Crippen molar-refractivity contribution < 1.29 is 19.7 Å². The van der Waals surface area contributed by atoms with Crippen LogP contribution in [-0.4, -0.2) is 39.6 Å². The van der Waals surface area contributed by atoms with Crippen LogP contribution in [0.5, 0.6) is 0 Å². The maximum Gasteiger partial charge on any atom is 0.270 e. The van der Waals surface area contributed by atoms with Gasteiger partial charge in [-0.05, 0) is 70.8 Å². The first kappa shape index (κ1) is 36.7. The third-order valence-electron chi connectivity index (χ3n) is 10.1. The SMILES string of the molecule is O=[N+]([O-])c1cccc(-c2c3nc(c(-c4cccc([N+](=O)[O-])c4)c4ccc([nH]4)c(-c4cccc([N+](=O)[O-])c4)c4nc(c(-c5cccc([N+](=O)[O-])c5)c5ccc2[nH]5)C=C4)C=C3)c1. The number of non-ortho nitro benzene ring substituents is 4. The average Bonchev–Trinajstić information content (AvgIpc) is 4.09. The van der Waals surface area contributed by atoms with Crippen LogP contribution in [0.15, 0.2) is 121 Å². The zero-order chi connectivity index (χ0) is 41.7. The first-order valence-electron chi connectivity index (χ1n) is 18.2. The highest BCUT2D eigenvalue weighted by molar-refractivity contribution is 6.00. The summed E-state index contributed by atoms with van der Waals surface area (Å²) in [4.78, 5) is 63.0. The molecule has 0 atom stereocenters. The van der Waals surface area contributed by atoms with Gasteiger partial charge in [0.1, 0.15) is 0 Å². The first-order valence-corrected chi connectivity index (χ1v) is 18.2. The van der Waals surface area contributed by atoms with E-state index in [1.165, 1.54) is 48.5 Å². The van der Waals surface area contributed by atoms with Crippen LogP contribution in [0.4, 0.5) is 22.7 Å². The highest BCUT2D eigenvalue weighted by atomic mass is 16.6. The summed E-state index contributed by atoms with van der Waals surface area (Å²) < 4.78 is 0. The summed E-state index contributed by atoms with van der Waals surface area (Å²) in [6, 6.07) is 31.5. The van der Waals surface area contributed by atoms with E-state index >= 15 is 0 Å². The van der Waals surface area contributed by atoms with Crippen molar-refractivity contribution in [3.63, 3.8) is 0 Å². The molecule has 3 aromatic heterocycles. The topological polar surface area (TPSA) is 230 Å². The Morgan fingerprint density at radius 3 is 0.800 bits per heavy atom. The summed E-state index contributed by atoms with van der Waals surface area (Å²) in [6.07, 6.45) is 7.00. The third kappa shape index (κ3) is 6.60. The molecule has 0 saturated carbocycles. The molecule has 16 nitrogen and oxygen atoms in total. The molecule has 2 aliphatic rings. The lowest BCUT2D eigenvalue weighted by molar-refractivity contribution is -0.385. The van der Waals surface area contributed by atoms with Gasteiger partial charge in [-0.1, -0.05) is 48.5 Å². The van der Waals surface area contributed by atoms with Crippen molar-refractivity contribution in [3.05, 3.63) is 185 Å². The molecule has 5 heterocycles.